The molecule has 1 aliphatic rings. The van der Waals surface area contributed by atoms with Gasteiger partial charge in [-0.2, -0.15) is 0 Å². The second-order valence-electron chi connectivity index (χ2n) is 6.18. The van der Waals surface area contributed by atoms with E-state index in [1.165, 1.54) is 0 Å². The van der Waals surface area contributed by atoms with E-state index in [4.69, 9.17) is 9.47 Å². The molecule has 5 heteroatoms. The lowest BCUT2D eigenvalue weighted by Crippen LogP contribution is -2.59. The minimum Gasteiger partial charge on any atom is -0.463 e. The topological polar surface area (TPSA) is 58.7 Å². The average molecular weight is 258 g/mol. The van der Waals surface area contributed by atoms with Crippen LogP contribution in [0.1, 0.15) is 40.5 Å². The van der Waals surface area contributed by atoms with Crippen LogP contribution in [0, 0.1) is 5.92 Å². The summed E-state index contributed by atoms with van der Waals surface area (Å²) in [7, 11) is 1.57. The second-order valence-corrected chi connectivity index (χ2v) is 6.18. The number of hydroxylamine groups is 2. The Hall–Kier alpha value is -0.650. The summed E-state index contributed by atoms with van der Waals surface area (Å²) >= 11 is 0. The molecule has 1 fully saturated rings. The Labute approximate surface area is 109 Å². The fourth-order valence-corrected chi connectivity index (χ4v) is 2.77. The molecule has 105 valence electrons. The van der Waals surface area contributed by atoms with Crippen molar-refractivity contribution >= 4 is 5.97 Å². The molecule has 1 aliphatic heterocycles. The molecule has 0 aliphatic carbocycles. The zero-order chi connectivity index (χ0) is 14.0. The first kappa shape index (κ1) is 15.4. The van der Waals surface area contributed by atoms with Gasteiger partial charge in [-0.15, -0.1) is 10.3 Å². The number of esters is 1. The Morgan fingerprint density at radius 3 is 2.11 bits per heavy atom. The van der Waals surface area contributed by atoms with Gasteiger partial charge in [0.1, 0.15) is 6.61 Å². The maximum atomic E-state index is 12.1. The first-order valence-electron chi connectivity index (χ1n) is 6.34. The van der Waals surface area contributed by atoms with Gasteiger partial charge in [0, 0.05) is 18.2 Å². The van der Waals surface area contributed by atoms with Crippen molar-refractivity contribution in [2.45, 2.75) is 51.6 Å². The van der Waals surface area contributed by atoms with E-state index in [1.54, 1.807) is 7.11 Å². The number of hydrogen-bond acceptors (Lipinski definition) is 4. The summed E-state index contributed by atoms with van der Waals surface area (Å²) in [5, 5.41) is 13.3. The van der Waals surface area contributed by atoms with Gasteiger partial charge in [0.2, 0.25) is 0 Å². The molecule has 1 saturated heterocycles. The number of carbonyl (C=O) groups excluding carboxylic acids is 1. The molecule has 18 heavy (non-hydrogen) atoms. The highest BCUT2D eigenvalue weighted by atomic mass is 16.6. The lowest BCUT2D eigenvalue weighted by Gasteiger charge is -2.49. The Morgan fingerprint density at radius 2 is 1.67 bits per heavy atom. The molecule has 1 radical (unpaired) electrons. The van der Waals surface area contributed by atoms with E-state index in [0.717, 1.165) is 5.06 Å². The van der Waals surface area contributed by atoms with E-state index in [-0.39, 0.29) is 18.5 Å². The molecular formula is C13H24NO4. The Balaban J connectivity index is 2.65. The maximum Gasteiger partial charge on any atom is 0.309 e. The summed E-state index contributed by atoms with van der Waals surface area (Å²) in [5.74, 6) is -0.432. The lowest BCUT2D eigenvalue weighted by molar-refractivity contribution is -0.293. The molecule has 0 spiro atoms. The Kier molecular flexibility index (Phi) is 4.75. The van der Waals surface area contributed by atoms with Crippen LogP contribution in [0.2, 0.25) is 0 Å². The quantitative estimate of drug-likeness (QED) is 0.570. The molecule has 0 unspecified atom stereocenters. The van der Waals surface area contributed by atoms with Gasteiger partial charge in [-0.05, 0) is 40.5 Å². The van der Waals surface area contributed by atoms with Gasteiger partial charge >= 0.3 is 5.97 Å². The Bertz CT molecular complexity index is 283. The standard InChI is InChI=1S/C13H24NO4/c1-12(2)8-10(9-13(3,4)14(12)16)11(15)18-7-6-17-5/h10H,6-9H2,1-5H3. The summed E-state index contributed by atoms with van der Waals surface area (Å²) in [4.78, 5) is 12.0. The lowest BCUT2D eigenvalue weighted by atomic mass is 9.75. The van der Waals surface area contributed by atoms with Gasteiger partial charge in [0.25, 0.3) is 0 Å². The van der Waals surface area contributed by atoms with Crippen molar-refractivity contribution in [3.05, 3.63) is 0 Å². The van der Waals surface area contributed by atoms with E-state index in [9.17, 15) is 10.0 Å². The van der Waals surface area contributed by atoms with Gasteiger partial charge in [-0.1, -0.05) is 0 Å². The highest BCUT2D eigenvalue weighted by Gasteiger charge is 2.48. The van der Waals surface area contributed by atoms with E-state index >= 15 is 0 Å². The van der Waals surface area contributed by atoms with E-state index < -0.39 is 11.1 Å². The van der Waals surface area contributed by atoms with E-state index in [0.29, 0.717) is 19.4 Å². The fourth-order valence-electron chi connectivity index (χ4n) is 2.77. The summed E-state index contributed by atoms with van der Waals surface area (Å²) in [5.41, 5.74) is -1.07. The van der Waals surface area contributed by atoms with Crippen molar-refractivity contribution in [1.82, 2.24) is 5.06 Å². The van der Waals surface area contributed by atoms with Crippen molar-refractivity contribution in [2.24, 2.45) is 5.92 Å². The number of rotatable bonds is 4. The molecule has 0 atom stereocenters. The van der Waals surface area contributed by atoms with Crippen molar-refractivity contribution in [2.75, 3.05) is 20.3 Å². The second kappa shape index (κ2) is 5.55. The highest BCUT2D eigenvalue weighted by Crippen LogP contribution is 2.40. The number of piperidine rings is 1. The molecule has 0 bridgehead atoms. The predicted molar refractivity (Wildman–Crippen MR) is 66.2 cm³/mol. The number of hydrogen-bond donors (Lipinski definition) is 0. The minimum atomic E-state index is -0.535. The molecule has 0 saturated carbocycles. The van der Waals surface area contributed by atoms with Gasteiger partial charge in [0.05, 0.1) is 12.5 Å². The van der Waals surface area contributed by atoms with Crippen LogP contribution >= 0.6 is 0 Å². The molecule has 0 N–H and O–H groups in total. The zero-order valence-corrected chi connectivity index (χ0v) is 12.0. The van der Waals surface area contributed by atoms with Crippen LogP contribution in [-0.4, -0.2) is 42.4 Å². The third kappa shape index (κ3) is 3.43. The first-order chi connectivity index (χ1) is 8.20. The fraction of sp³-hybridized carbons (Fsp3) is 0.923. The Morgan fingerprint density at radius 1 is 1.17 bits per heavy atom. The van der Waals surface area contributed by atoms with Crippen LogP contribution in [0.4, 0.5) is 0 Å². The molecule has 0 amide bonds. The van der Waals surface area contributed by atoms with E-state index in [1.807, 2.05) is 27.7 Å². The summed E-state index contributed by atoms with van der Waals surface area (Å²) in [6.45, 7) is 8.16. The van der Waals surface area contributed by atoms with Crippen LogP contribution in [0.25, 0.3) is 0 Å². The minimum absolute atomic E-state index is 0.211. The first-order valence-corrected chi connectivity index (χ1v) is 6.34. The van der Waals surface area contributed by atoms with Gasteiger partial charge in [-0.25, -0.2) is 0 Å². The SMILES string of the molecule is COCCOC(=O)C1CC(C)(C)N([O])C(C)(C)C1. The molecule has 5 nitrogen and oxygen atoms in total. The molecule has 1 rings (SSSR count). The largest absolute Gasteiger partial charge is 0.463 e. The van der Waals surface area contributed by atoms with Gasteiger partial charge in [-0.3, -0.25) is 4.79 Å². The van der Waals surface area contributed by atoms with Crippen molar-refractivity contribution < 1.29 is 19.5 Å². The molecule has 0 aromatic rings. The van der Waals surface area contributed by atoms with Crippen LogP contribution in [0.5, 0.6) is 0 Å². The van der Waals surface area contributed by atoms with Gasteiger partial charge < -0.3 is 9.47 Å². The van der Waals surface area contributed by atoms with Crippen molar-refractivity contribution in [1.29, 1.82) is 0 Å². The normalized spacial score (nSPS) is 23.9. The van der Waals surface area contributed by atoms with Crippen LogP contribution in [0.3, 0.4) is 0 Å². The van der Waals surface area contributed by atoms with Crippen molar-refractivity contribution in [3.8, 4) is 0 Å². The van der Waals surface area contributed by atoms with Gasteiger partial charge in [0.15, 0.2) is 0 Å². The van der Waals surface area contributed by atoms with Crippen LogP contribution in [0.15, 0.2) is 0 Å². The number of ether oxygens (including phenoxy) is 2. The number of methoxy groups -OCH3 is 1. The predicted octanol–water partition coefficient (Wildman–Crippen LogP) is 1.79. The van der Waals surface area contributed by atoms with Crippen LogP contribution < -0.4 is 0 Å². The zero-order valence-electron chi connectivity index (χ0n) is 12.0. The number of carbonyl (C=O) groups is 1. The smallest absolute Gasteiger partial charge is 0.309 e. The monoisotopic (exact) mass is 258 g/mol. The van der Waals surface area contributed by atoms with Crippen molar-refractivity contribution in [3.63, 3.8) is 0 Å². The summed E-state index contributed by atoms with van der Waals surface area (Å²) < 4.78 is 10.0. The molecule has 0 aromatic carbocycles. The number of nitrogens with zero attached hydrogens (tertiary/aromatic N) is 1. The summed E-state index contributed by atoms with van der Waals surface area (Å²) in [6.07, 6.45) is 1.07. The molecule has 0 aromatic heterocycles. The van der Waals surface area contributed by atoms with E-state index in [2.05, 4.69) is 0 Å². The third-order valence-corrected chi connectivity index (χ3v) is 3.46. The third-order valence-electron chi connectivity index (χ3n) is 3.46. The molecular weight excluding hydrogens is 234 g/mol. The summed E-state index contributed by atoms with van der Waals surface area (Å²) in [6, 6.07) is 0. The molecule has 1 heterocycles. The highest BCUT2D eigenvalue weighted by molar-refractivity contribution is 5.73. The maximum absolute atomic E-state index is 12.1. The van der Waals surface area contributed by atoms with Crippen LogP contribution in [-0.2, 0) is 19.5 Å². The average Bonchev–Trinajstić information content (AvgIpc) is 2.25.